The Balaban J connectivity index is 2.89. The second kappa shape index (κ2) is 4.39. The lowest BCUT2D eigenvalue weighted by Crippen LogP contribution is -2.09. The smallest absolute Gasteiger partial charge is 0.248 e. The van der Waals surface area contributed by atoms with Crippen molar-refractivity contribution < 1.29 is 4.79 Å². The molecule has 1 N–H and O–H groups in total. The molecule has 0 aliphatic heterocycles. The van der Waals surface area contributed by atoms with E-state index in [1.165, 1.54) is 12.3 Å². The molecular formula is C8H6BrClN2O. The molecule has 5 heteroatoms. The van der Waals surface area contributed by atoms with Gasteiger partial charge in [0.05, 0.1) is 9.50 Å². The zero-order valence-electron chi connectivity index (χ0n) is 6.55. The molecule has 0 aliphatic carbocycles. The van der Waals surface area contributed by atoms with Crippen LogP contribution in [-0.4, -0.2) is 10.9 Å². The van der Waals surface area contributed by atoms with E-state index >= 15 is 0 Å². The van der Waals surface area contributed by atoms with E-state index < -0.39 is 0 Å². The molecule has 0 fully saturated rings. The van der Waals surface area contributed by atoms with Crippen LogP contribution < -0.4 is 5.32 Å². The quantitative estimate of drug-likeness (QED) is 0.832. The number of rotatable bonds is 2. The maximum absolute atomic E-state index is 10.9. The highest BCUT2D eigenvalue weighted by molar-refractivity contribution is 9.10. The van der Waals surface area contributed by atoms with Crippen molar-refractivity contribution in [1.29, 1.82) is 0 Å². The fourth-order valence-electron chi connectivity index (χ4n) is 0.674. The van der Waals surface area contributed by atoms with Gasteiger partial charge in [0.1, 0.15) is 5.82 Å². The first kappa shape index (κ1) is 10.2. The van der Waals surface area contributed by atoms with Crippen molar-refractivity contribution in [2.24, 2.45) is 0 Å². The number of aromatic nitrogens is 1. The molecule has 1 aromatic rings. The predicted octanol–water partition coefficient (Wildman–Crippen LogP) is 2.62. The predicted molar refractivity (Wildman–Crippen MR) is 55.8 cm³/mol. The second-order valence-corrected chi connectivity index (χ2v) is 3.47. The molecule has 1 amide bonds. The topological polar surface area (TPSA) is 42.0 Å². The van der Waals surface area contributed by atoms with Crippen LogP contribution in [0.3, 0.4) is 0 Å². The minimum Gasteiger partial charge on any atom is -0.306 e. The molecule has 0 unspecified atom stereocenters. The summed E-state index contributed by atoms with van der Waals surface area (Å²) in [5, 5.41) is 3.02. The van der Waals surface area contributed by atoms with Crippen LogP contribution in [0.4, 0.5) is 5.82 Å². The maximum atomic E-state index is 10.9. The number of amides is 1. The molecular weight excluding hydrogens is 255 g/mol. The standard InChI is InChI=1S/C8H6BrClN2O/c1-2-7(13)12-8-6(9)3-5(10)4-11-8/h2-4H,1H2,(H,11,12,13). The Labute approximate surface area is 88.9 Å². The van der Waals surface area contributed by atoms with Crippen LogP contribution in [0.1, 0.15) is 0 Å². The van der Waals surface area contributed by atoms with Crippen molar-refractivity contribution in [3.05, 3.63) is 34.4 Å². The van der Waals surface area contributed by atoms with Gasteiger partial charge in [0.25, 0.3) is 0 Å². The van der Waals surface area contributed by atoms with Crippen molar-refractivity contribution in [1.82, 2.24) is 4.98 Å². The Hall–Kier alpha value is -0.870. The van der Waals surface area contributed by atoms with Crippen molar-refractivity contribution in [3.8, 4) is 0 Å². The van der Waals surface area contributed by atoms with Gasteiger partial charge >= 0.3 is 0 Å². The van der Waals surface area contributed by atoms with Gasteiger partial charge in [-0.15, -0.1) is 0 Å². The number of pyridine rings is 1. The van der Waals surface area contributed by atoms with Gasteiger partial charge in [-0.05, 0) is 28.1 Å². The Morgan fingerprint density at radius 3 is 3.00 bits per heavy atom. The van der Waals surface area contributed by atoms with Crippen LogP contribution in [-0.2, 0) is 4.79 Å². The van der Waals surface area contributed by atoms with E-state index in [4.69, 9.17) is 11.6 Å². The number of hydrogen-bond acceptors (Lipinski definition) is 2. The number of anilines is 1. The summed E-state index contributed by atoms with van der Waals surface area (Å²) in [6.45, 7) is 3.32. The van der Waals surface area contributed by atoms with Crippen LogP contribution in [0, 0.1) is 0 Å². The van der Waals surface area contributed by atoms with Crippen molar-refractivity contribution in [2.45, 2.75) is 0 Å². The van der Waals surface area contributed by atoms with Gasteiger partial charge in [0, 0.05) is 6.20 Å². The highest BCUT2D eigenvalue weighted by atomic mass is 79.9. The average molecular weight is 262 g/mol. The van der Waals surface area contributed by atoms with E-state index in [0.29, 0.717) is 15.3 Å². The summed E-state index contributed by atoms with van der Waals surface area (Å²) in [7, 11) is 0. The van der Waals surface area contributed by atoms with Crippen molar-refractivity contribution >= 4 is 39.3 Å². The molecule has 0 radical (unpaired) electrons. The fourth-order valence-corrected chi connectivity index (χ4v) is 1.41. The lowest BCUT2D eigenvalue weighted by Gasteiger charge is -2.03. The van der Waals surface area contributed by atoms with Gasteiger partial charge in [-0.2, -0.15) is 0 Å². The third kappa shape index (κ3) is 2.82. The van der Waals surface area contributed by atoms with Gasteiger partial charge < -0.3 is 5.32 Å². The lowest BCUT2D eigenvalue weighted by atomic mass is 10.4. The first-order valence-corrected chi connectivity index (χ1v) is 4.55. The average Bonchev–Trinajstić information content (AvgIpc) is 2.09. The Morgan fingerprint density at radius 1 is 1.77 bits per heavy atom. The third-order valence-electron chi connectivity index (χ3n) is 1.23. The molecule has 0 aliphatic rings. The summed E-state index contributed by atoms with van der Waals surface area (Å²) in [5.74, 6) is 0.116. The first-order chi connectivity index (χ1) is 6.13. The zero-order chi connectivity index (χ0) is 9.84. The van der Waals surface area contributed by atoms with Crippen LogP contribution in [0.15, 0.2) is 29.4 Å². The Bertz CT molecular complexity index is 354. The van der Waals surface area contributed by atoms with Gasteiger partial charge in [-0.3, -0.25) is 4.79 Å². The normalized spacial score (nSPS) is 9.38. The van der Waals surface area contributed by atoms with Crippen molar-refractivity contribution in [3.63, 3.8) is 0 Å². The van der Waals surface area contributed by atoms with Crippen LogP contribution in [0.25, 0.3) is 0 Å². The molecule has 1 heterocycles. The summed E-state index contributed by atoms with van der Waals surface area (Å²) < 4.78 is 0.634. The highest BCUT2D eigenvalue weighted by Gasteiger charge is 2.03. The summed E-state index contributed by atoms with van der Waals surface area (Å²) in [6, 6.07) is 1.65. The number of nitrogens with one attached hydrogen (secondary N) is 1. The molecule has 0 bridgehead atoms. The lowest BCUT2D eigenvalue weighted by molar-refractivity contribution is -0.111. The largest absolute Gasteiger partial charge is 0.306 e. The Kier molecular flexibility index (Phi) is 3.45. The molecule has 13 heavy (non-hydrogen) atoms. The Morgan fingerprint density at radius 2 is 2.46 bits per heavy atom. The summed E-state index contributed by atoms with van der Waals surface area (Å²) in [6.07, 6.45) is 2.62. The fraction of sp³-hybridized carbons (Fsp3) is 0. The van der Waals surface area contributed by atoms with Gasteiger partial charge in [0.15, 0.2) is 0 Å². The van der Waals surface area contributed by atoms with Gasteiger partial charge in [0.2, 0.25) is 5.91 Å². The maximum Gasteiger partial charge on any atom is 0.248 e. The van der Waals surface area contributed by atoms with E-state index in [1.54, 1.807) is 6.07 Å². The molecule has 0 saturated heterocycles. The monoisotopic (exact) mass is 260 g/mol. The van der Waals surface area contributed by atoms with Crippen molar-refractivity contribution in [2.75, 3.05) is 5.32 Å². The number of halogens is 2. The van der Waals surface area contributed by atoms with E-state index in [1.807, 2.05) is 0 Å². The minimum atomic E-state index is -0.310. The molecule has 1 rings (SSSR count). The number of carbonyl (C=O) groups excluding carboxylic acids is 1. The molecule has 0 saturated carbocycles. The highest BCUT2D eigenvalue weighted by Crippen LogP contribution is 2.22. The van der Waals surface area contributed by atoms with Crippen LogP contribution in [0.2, 0.25) is 5.02 Å². The zero-order valence-corrected chi connectivity index (χ0v) is 8.89. The van der Waals surface area contributed by atoms with Gasteiger partial charge in [-0.1, -0.05) is 18.2 Å². The summed E-state index contributed by atoms with van der Waals surface area (Å²) in [5.41, 5.74) is 0. The van der Waals surface area contributed by atoms with E-state index in [9.17, 15) is 4.79 Å². The molecule has 0 atom stereocenters. The summed E-state index contributed by atoms with van der Waals surface area (Å²) >= 11 is 8.87. The van der Waals surface area contributed by atoms with E-state index in [-0.39, 0.29) is 5.91 Å². The molecule has 0 spiro atoms. The van der Waals surface area contributed by atoms with E-state index in [0.717, 1.165) is 0 Å². The first-order valence-electron chi connectivity index (χ1n) is 3.38. The number of nitrogens with zero attached hydrogens (tertiary/aromatic N) is 1. The molecule has 0 aromatic carbocycles. The minimum absolute atomic E-state index is 0.310. The van der Waals surface area contributed by atoms with Crippen LogP contribution >= 0.6 is 27.5 Å². The number of carbonyl (C=O) groups is 1. The second-order valence-electron chi connectivity index (χ2n) is 2.18. The molecule has 3 nitrogen and oxygen atoms in total. The molecule has 1 aromatic heterocycles. The molecule has 68 valence electrons. The van der Waals surface area contributed by atoms with E-state index in [2.05, 4.69) is 32.8 Å². The third-order valence-corrected chi connectivity index (χ3v) is 2.05. The van der Waals surface area contributed by atoms with Gasteiger partial charge in [-0.25, -0.2) is 4.98 Å². The SMILES string of the molecule is C=CC(=O)Nc1ncc(Cl)cc1Br. The van der Waals surface area contributed by atoms with Crippen LogP contribution in [0.5, 0.6) is 0 Å². The summed E-state index contributed by atoms with van der Waals surface area (Å²) in [4.78, 5) is 14.8. The number of hydrogen-bond donors (Lipinski definition) is 1.